The zero-order valence-electron chi connectivity index (χ0n) is 14.1. The standard InChI is InChI=1S/C18H16N4O4/c1-25-14-8-7-11(9-15(14)26-2)10-19-22-18(24)16-20-13-6-4-3-5-12(13)17(23)21-16/h3-10H,1-2H3,(H,22,24)(H,20,21,23)/b19-10+. The Morgan fingerprint density at radius 3 is 2.69 bits per heavy atom. The molecule has 2 N–H and O–H groups in total. The van der Waals surface area contributed by atoms with Crippen LogP contribution in [0.3, 0.4) is 0 Å². The Kier molecular flexibility index (Phi) is 4.93. The molecule has 0 radical (unpaired) electrons. The number of benzene rings is 2. The first kappa shape index (κ1) is 17.2. The van der Waals surface area contributed by atoms with Gasteiger partial charge in [-0.2, -0.15) is 5.10 Å². The molecule has 26 heavy (non-hydrogen) atoms. The molecule has 0 atom stereocenters. The summed E-state index contributed by atoms with van der Waals surface area (Å²) in [6.07, 6.45) is 1.44. The summed E-state index contributed by atoms with van der Waals surface area (Å²) in [7, 11) is 3.07. The normalized spacial score (nSPS) is 10.8. The monoisotopic (exact) mass is 352 g/mol. The molecule has 0 spiro atoms. The number of carbonyl (C=O) groups excluding carboxylic acids is 1. The van der Waals surface area contributed by atoms with Crippen molar-refractivity contribution in [1.82, 2.24) is 15.4 Å². The number of para-hydroxylation sites is 1. The number of aromatic nitrogens is 2. The quantitative estimate of drug-likeness (QED) is 0.537. The Bertz CT molecular complexity index is 1040. The first-order chi connectivity index (χ1) is 12.6. The number of aromatic amines is 1. The summed E-state index contributed by atoms with van der Waals surface area (Å²) in [6, 6.07) is 12.0. The molecule has 0 unspecified atom stereocenters. The summed E-state index contributed by atoms with van der Waals surface area (Å²) in [5, 5.41) is 4.29. The first-order valence-corrected chi connectivity index (χ1v) is 7.67. The van der Waals surface area contributed by atoms with E-state index in [9.17, 15) is 9.59 Å². The van der Waals surface area contributed by atoms with Crippen molar-refractivity contribution < 1.29 is 14.3 Å². The molecule has 0 saturated carbocycles. The number of methoxy groups -OCH3 is 2. The van der Waals surface area contributed by atoms with Crippen molar-refractivity contribution in [2.75, 3.05) is 14.2 Å². The lowest BCUT2D eigenvalue weighted by molar-refractivity contribution is 0.0945. The highest BCUT2D eigenvalue weighted by atomic mass is 16.5. The summed E-state index contributed by atoms with van der Waals surface area (Å²) in [4.78, 5) is 30.7. The molecule has 132 valence electrons. The van der Waals surface area contributed by atoms with E-state index in [-0.39, 0.29) is 11.4 Å². The van der Waals surface area contributed by atoms with E-state index in [2.05, 4.69) is 20.5 Å². The average molecular weight is 352 g/mol. The van der Waals surface area contributed by atoms with Crippen LogP contribution in [0.5, 0.6) is 11.5 Å². The summed E-state index contributed by atoms with van der Waals surface area (Å²) in [6.45, 7) is 0. The third-order valence-electron chi connectivity index (χ3n) is 3.62. The predicted octanol–water partition coefficient (Wildman–Crippen LogP) is 1.70. The topological polar surface area (TPSA) is 106 Å². The molecule has 0 aliphatic carbocycles. The minimum atomic E-state index is -0.621. The van der Waals surface area contributed by atoms with Gasteiger partial charge in [0.1, 0.15) is 0 Å². The van der Waals surface area contributed by atoms with Gasteiger partial charge < -0.3 is 14.5 Å². The molecule has 1 heterocycles. The number of fused-ring (bicyclic) bond motifs is 1. The predicted molar refractivity (Wildman–Crippen MR) is 97.0 cm³/mol. The Labute approximate surface area is 148 Å². The average Bonchev–Trinajstić information content (AvgIpc) is 2.67. The smallest absolute Gasteiger partial charge is 0.307 e. The van der Waals surface area contributed by atoms with Crippen molar-refractivity contribution in [2.45, 2.75) is 0 Å². The van der Waals surface area contributed by atoms with Gasteiger partial charge in [0, 0.05) is 0 Å². The van der Waals surface area contributed by atoms with Crippen molar-refractivity contribution in [3.8, 4) is 11.5 Å². The highest BCUT2D eigenvalue weighted by Gasteiger charge is 2.10. The Balaban J connectivity index is 1.76. The number of nitrogens with one attached hydrogen (secondary N) is 2. The molecule has 0 bridgehead atoms. The van der Waals surface area contributed by atoms with Crippen LogP contribution in [-0.4, -0.2) is 36.3 Å². The van der Waals surface area contributed by atoms with Gasteiger partial charge in [0.2, 0.25) is 5.82 Å². The molecular formula is C18H16N4O4. The number of nitrogens with zero attached hydrogens (tertiary/aromatic N) is 2. The molecule has 8 nitrogen and oxygen atoms in total. The molecule has 1 aromatic heterocycles. The minimum absolute atomic E-state index is 0.113. The maximum atomic E-state index is 12.2. The highest BCUT2D eigenvalue weighted by molar-refractivity contribution is 5.93. The molecule has 0 fully saturated rings. The maximum absolute atomic E-state index is 12.2. The molecule has 0 aliphatic heterocycles. The molecule has 0 saturated heterocycles. The second kappa shape index (κ2) is 7.47. The number of carbonyl (C=O) groups is 1. The van der Waals surface area contributed by atoms with Gasteiger partial charge in [-0.05, 0) is 35.9 Å². The second-order valence-electron chi connectivity index (χ2n) is 5.25. The fourth-order valence-corrected chi connectivity index (χ4v) is 2.35. The zero-order valence-corrected chi connectivity index (χ0v) is 14.1. The minimum Gasteiger partial charge on any atom is -0.493 e. The van der Waals surface area contributed by atoms with Crippen LogP contribution < -0.4 is 20.5 Å². The van der Waals surface area contributed by atoms with Gasteiger partial charge in [-0.25, -0.2) is 10.4 Å². The molecule has 3 rings (SSSR count). The van der Waals surface area contributed by atoms with E-state index < -0.39 is 5.91 Å². The van der Waals surface area contributed by atoms with Gasteiger partial charge in [-0.3, -0.25) is 9.59 Å². The fourth-order valence-electron chi connectivity index (χ4n) is 2.35. The van der Waals surface area contributed by atoms with Crippen LogP contribution in [0.15, 0.2) is 52.4 Å². The third-order valence-corrected chi connectivity index (χ3v) is 3.62. The lowest BCUT2D eigenvalue weighted by Gasteiger charge is -2.07. The number of rotatable bonds is 5. The molecule has 1 amide bonds. The van der Waals surface area contributed by atoms with E-state index in [1.165, 1.54) is 13.3 Å². The second-order valence-corrected chi connectivity index (χ2v) is 5.25. The van der Waals surface area contributed by atoms with Gasteiger partial charge in [-0.1, -0.05) is 12.1 Å². The number of amides is 1. The van der Waals surface area contributed by atoms with Crippen LogP contribution in [0.2, 0.25) is 0 Å². The number of hydrazone groups is 1. The molecule has 3 aromatic rings. The zero-order chi connectivity index (χ0) is 18.5. The van der Waals surface area contributed by atoms with Crippen molar-refractivity contribution >= 4 is 23.0 Å². The van der Waals surface area contributed by atoms with E-state index >= 15 is 0 Å². The van der Waals surface area contributed by atoms with Crippen molar-refractivity contribution in [3.63, 3.8) is 0 Å². The Morgan fingerprint density at radius 1 is 1.15 bits per heavy atom. The van der Waals surface area contributed by atoms with Crippen LogP contribution in [0.4, 0.5) is 0 Å². The first-order valence-electron chi connectivity index (χ1n) is 7.67. The molecule has 2 aromatic carbocycles. The van der Waals surface area contributed by atoms with E-state index in [4.69, 9.17) is 9.47 Å². The SMILES string of the molecule is COc1ccc(/C=N/NC(=O)c2nc3ccccc3c(=O)[nH]2)cc1OC. The maximum Gasteiger partial charge on any atom is 0.307 e. The van der Waals surface area contributed by atoms with Gasteiger partial charge >= 0.3 is 5.91 Å². The summed E-state index contributed by atoms with van der Waals surface area (Å²) < 4.78 is 10.4. The van der Waals surface area contributed by atoms with Crippen molar-refractivity contribution in [3.05, 3.63) is 64.2 Å². The lowest BCUT2D eigenvalue weighted by Crippen LogP contribution is -2.24. The molecular weight excluding hydrogens is 336 g/mol. The molecule has 8 heteroatoms. The third kappa shape index (κ3) is 3.54. The van der Waals surface area contributed by atoms with Crippen LogP contribution in [0.1, 0.15) is 16.2 Å². The van der Waals surface area contributed by atoms with Gasteiger partial charge in [0.15, 0.2) is 11.5 Å². The number of ether oxygens (including phenoxy) is 2. The summed E-state index contributed by atoms with van der Waals surface area (Å²) in [5.41, 5.74) is 3.08. The van der Waals surface area contributed by atoms with Crippen molar-refractivity contribution in [1.29, 1.82) is 0 Å². The van der Waals surface area contributed by atoms with Crippen LogP contribution in [0.25, 0.3) is 10.9 Å². The van der Waals surface area contributed by atoms with Crippen LogP contribution in [0, 0.1) is 0 Å². The Hall–Kier alpha value is -3.68. The largest absolute Gasteiger partial charge is 0.493 e. The van der Waals surface area contributed by atoms with Gasteiger partial charge in [0.05, 0.1) is 31.3 Å². The lowest BCUT2D eigenvalue weighted by atomic mass is 10.2. The summed E-state index contributed by atoms with van der Waals surface area (Å²) in [5.74, 6) is 0.401. The van der Waals surface area contributed by atoms with Crippen LogP contribution in [-0.2, 0) is 0 Å². The van der Waals surface area contributed by atoms with E-state index in [1.54, 1.807) is 49.6 Å². The van der Waals surface area contributed by atoms with E-state index in [0.717, 1.165) is 0 Å². The van der Waals surface area contributed by atoms with E-state index in [0.29, 0.717) is 28.0 Å². The van der Waals surface area contributed by atoms with E-state index in [1.807, 2.05) is 0 Å². The number of hydrogen-bond acceptors (Lipinski definition) is 6. The fraction of sp³-hybridized carbons (Fsp3) is 0.111. The highest BCUT2D eigenvalue weighted by Crippen LogP contribution is 2.26. The molecule has 0 aliphatic rings. The van der Waals surface area contributed by atoms with Gasteiger partial charge in [-0.15, -0.1) is 0 Å². The van der Waals surface area contributed by atoms with Gasteiger partial charge in [0.25, 0.3) is 5.56 Å². The number of hydrogen-bond donors (Lipinski definition) is 2. The summed E-state index contributed by atoms with van der Waals surface area (Å²) >= 11 is 0. The van der Waals surface area contributed by atoms with Crippen molar-refractivity contribution in [2.24, 2.45) is 5.10 Å². The number of H-pyrrole nitrogens is 1. The Morgan fingerprint density at radius 2 is 1.92 bits per heavy atom. The van der Waals surface area contributed by atoms with Crippen LogP contribution >= 0.6 is 0 Å².